The van der Waals surface area contributed by atoms with Gasteiger partial charge >= 0.3 is 0 Å². The van der Waals surface area contributed by atoms with Crippen molar-refractivity contribution >= 4 is 17.3 Å². The second-order valence-corrected chi connectivity index (χ2v) is 4.80. The van der Waals surface area contributed by atoms with Gasteiger partial charge in [0.1, 0.15) is 0 Å². The first-order valence-corrected chi connectivity index (χ1v) is 6.62. The van der Waals surface area contributed by atoms with Crippen LogP contribution in [0.25, 0.3) is 0 Å². The average Bonchev–Trinajstić information content (AvgIpc) is 2.78. The number of aromatic nitrogens is 1. The minimum atomic E-state index is 0.500. The van der Waals surface area contributed by atoms with Crippen LogP contribution in [0.1, 0.15) is 31.9 Å². The summed E-state index contributed by atoms with van der Waals surface area (Å²) in [6.45, 7) is 4.64. The third-order valence-electron chi connectivity index (χ3n) is 3.28. The molecule has 0 aliphatic carbocycles. The quantitative estimate of drug-likeness (QED) is 0.747. The first-order valence-electron chi connectivity index (χ1n) is 6.09. The first-order chi connectivity index (χ1) is 7.83. The van der Waals surface area contributed by atoms with Crippen LogP contribution >= 0.6 is 11.6 Å². The lowest BCUT2D eigenvalue weighted by Crippen LogP contribution is -2.19. The number of alkyl halides is 1. The second kappa shape index (κ2) is 5.53. The molecule has 0 spiro atoms. The number of halogens is 1. The number of nitrogens with zero attached hydrogens (tertiary/aromatic N) is 2. The Labute approximate surface area is 103 Å². The molecule has 0 aromatic carbocycles. The van der Waals surface area contributed by atoms with Crippen molar-refractivity contribution in [3.63, 3.8) is 0 Å². The van der Waals surface area contributed by atoms with E-state index in [0.29, 0.717) is 5.88 Å². The summed E-state index contributed by atoms with van der Waals surface area (Å²) in [4.78, 5) is 6.68. The number of pyridine rings is 1. The van der Waals surface area contributed by atoms with Gasteiger partial charge in [-0.1, -0.05) is 13.3 Å². The lowest BCUT2D eigenvalue weighted by Gasteiger charge is -2.18. The van der Waals surface area contributed by atoms with Crippen molar-refractivity contribution in [3.8, 4) is 0 Å². The summed E-state index contributed by atoms with van der Waals surface area (Å²) in [5, 5.41) is 0. The van der Waals surface area contributed by atoms with E-state index in [1.54, 1.807) is 0 Å². The highest BCUT2D eigenvalue weighted by molar-refractivity contribution is 6.16. The van der Waals surface area contributed by atoms with Gasteiger partial charge in [-0.25, -0.2) is 0 Å². The van der Waals surface area contributed by atoms with Crippen LogP contribution in [0.3, 0.4) is 0 Å². The van der Waals surface area contributed by atoms with Crippen molar-refractivity contribution in [2.75, 3.05) is 18.0 Å². The fourth-order valence-corrected chi connectivity index (χ4v) is 2.59. The first kappa shape index (κ1) is 11.7. The van der Waals surface area contributed by atoms with Crippen molar-refractivity contribution in [1.29, 1.82) is 0 Å². The highest BCUT2D eigenvalue weighted by Gasteiger charge is 2.21. The molecular weight excluding hydrogens is 220 g/mol. The van der Waals surface area contributed by atoms with Crippen LogP contribution in [0, 0.1) is 5.92 Å². The van der Waals surface area contributed by atoms with Gasteiger partial charge in [0.05, 0.1) is 11.6 Å². The van der Waals surface area contributed by atoms with Gasteiger partial charge in [0, 0.05) is 25.0 Å². The molecule has 2 rings (SSSR count). The van der Waals surface area contributed by atoms with Crippen molar-refractivity contribution < 1.29 is 0 Å². The molecule has 1 aliphatic heterocycles. The second-order valence-electron chi connectivity index (χ2n) is 4.53. The predicted octanol–water partition coefficient (Wildman–Crippen LogP) is 3.45. The molecular formula is C13H19ClN2. The molecule has 1 aliphatic rings. The van der Waals surface area contributed by atoms with Crippen LogP contribution in [0.5, 0.6) is 0 Å². The number of hydrogen-bond acceptors (Lipinski definition) is 2. The summed E-state index contributed by atoms with van der Waals surface area (Å²) >= 11 is 5.80. The normalized spacial score (nSPS) is 20.4. The van der Waals surface area contributed by atoms with Crippen LogP contribution in [-0.2, 0) is 5.88 Å². The van der Waals surface area contributed by atoms with Crippen molar-refractivity contribution in [2.24, 2.45) is 5.92 Å². The Balaban J connectivity index is 2.02. The topological polar surface area (TPSA) is 16.1 Å². The Bertz CT molecular complexity index is 340. The van der Waals surface area contributed by atoms with E-state index >= 15 is 0 Å². The maximum Gasteiger partial charge on any atom is 0.0648 e. The third-order valence-corrected chi connectivity index (χ3v) is 3.56. The molecule has 2 heterocycles. The van der Waals surface area contributed by atoms with E-state index in [1.807, 2.05) is 6.20 Å². The van der Waals surface area contributed by atoms with E-state index in [-0.39, 0.29) is 0 Å². The molecule has 2 nitrogen and oxygen atoms in total. The fourth-order valence-electron chi connectivity index (χ4n) is 2.45. The van der Waals surface area contributed by atoms with E-state index < -0.39 is 0 Å². The molecule has 1 aromatic heterocycles. The van der Waals surface area contributed by atoms with Crippen molar-refractivity contribution in [3.05, 3.63) is 24.0 Å². The van der Waals surface area contributed by atoms with Gasteiger partial charge in [-0.3, -0.25) is 4.98 Å². The zero-order chi connectivity index (χ0) is 11.4. The highest BCUT2D eigenvalue weighted by Crippen LogP contribution is 2.26. The van der Waals surface area contributed by atoms with Crippen LogP contribution in [0.4, 0.5) is 5.69 Å². The molecule has 0 saturated carbocycles. The Kier molecular flexibility index (Phi) is 4.05. The van der Waals surface area contributed by atoms with E-state index in [0.717, 1.165) is 11.6 Å². The highest BCUT2D eigenvalue weighted by atomic mass is 35.5. The van der Waals surface area contributed by atoms with Crippen molar-refractivity contribution in [2.45, 2.75) is 32.1 Å². The molecule has 0 radical (unpaired) electrons. The predicted molar refractivity (Wildman–Crippen MR) is 69.0 cm³/mol. The largest absolute Gasteiger partial charge is 0.371 e. The molecule has 16 heavy (non-hydrogen) atoms. The van der Waals surface area contributed by atoms with Crippen LogP contribution in [-0.4, -0.2) is 18.1 Å². The smallest absolute Gasteiger partial charge is 0.0648 e. The average molecular weight is 239 g/mol. The zero-order valence-corrected chi connectivity index (χ0v) is 10.6. The third kappa shape index (κ3) is 2.67. The molecule has 1 atom stereocenters. The monoisotopic (exact) mass is 238 g/mol. The number of anilines is 1. The summed E-state index contributed by atoms with van der Waals surface area (Å²) in [6, 6.07) is 4.20. The van der Waals surface area contributed by atoms with Crippen LogP contribution < -0.4 is 4.90 Å². The van der Waals surface area contributed by atoms with Gasteiger partial charge in [-0.15, -0.1) is 11.6 Å². The maximum atomic E-state index is 5.80. The minimum Gasteiger partial charge on any atom is -0.371 e. The number of rotatable bonds is 4. The molecule has 1 fully saturated rings. The number of hydrogen-bond donors (Lipinski definition) is 0. The van der Waals surface area contributed by atoms with Gasteiger partial charge in [-0.2, -0.15) is 0 Å². The summed E-state index contributed by atoms with van der Waals surface area (Å²) in [5.41, 5.74) is 2.25. The molecule has 3 heteroatoms. The molecule has 1 aromatic rings. The van der Waals surface area contributed by atoms with Crippen molar-refractivity contribution in [1.82, 2.24) is 4.98 Å². The lowest BCUT2D eigenvalue weighted by molar-refractivity contribution is 0.530. The lowest BCUT2D eigenvalue weighted by atomic mass is 10.0. The van der Waals surface area contributed by atoms with Crippen LogP contribution in [0.15, 0.2) is 18.3 Å². The minimum absolute atomic E-state index is 0.500. The van der Waals surface area contributed by atoms with E-state index in [2.05, 4.69) is 28.9 Å². The van der Waals surface area contributed by atoms with Crippen LogP contribution in [0.2, 0.25) is 0 Å². The Hall–Kier alpha value is -0.760. The Morgan fingerprint density at radius 2 is 2.44 bits per heavy atom. The Morgan fingerprint density at radius 3 is 3.19 bits per heavy atom. The summed E-state index contributed by atoms with van der Waals surface area (Å²) < 4.78 is 0. The zero-order valence-electron chi connectivity index (χ0n) is 9.82. The van der Waals surface area contributed by atoms with Gasteiger partial charge in [-0.05, 0) is 30.9 Å². The molecule has 0 bridgehead atoms. The Morgan fingerprint density at radius 1 is 1.56 bits per heavy atom. The van der Waals surface area contributed by atoms with Gasteiger partial charge in [0.2, 0.25) is 0 Å². The van der Waals surface area contributed by atoms with E-state index in [9.17, 15) is 0 Å². The molecule has 88 valence electrons. The SMILES string of the molecule is CCCC1CCN(c2ccnc(CCl)c2)C1. The maximum absolute atomic E-state index is 5.80. The van der Waals surface area contributed by atoms with Gasteiger partial charge in [0.15, 0.2) is 0 Å². The summed E-state index contributed by atoms with van der Waals surface area (Å²) in [5.74, 6) is 1.37. The van der Waals surface area contributed by atoms with Gasteiger partial charge in [0.25, 0.3) is 0 Å². The standard InChI is InChI=1S/C13H19ClN2/c1-2-3-11-5-7-16(10-11)13-4-6-15-12(8-13)9-14/h4,6,8,11H,2-3,5,7,9-10H2,1H3. The summed E-state index contributed by atoms with van der Waals surface area (Å²) in [7, 11) is 0. The molecule has 1 unspecified atom stereocenters. The molecule has 0 N–H and O–H groups in total. The molecule has 0 amide bonds. The molecule has 1 saturated heterocycles. The summed E-state index contributed by atoms with van der Waals surface area (Å²) in [6.07, 6.45) is 5.83. The fraction of sp³-hybridized carbons (Fsp3) is 0.615. The van der Waals surface area contributed by atoms with Gasteiger partial charge < -0.3 is 4.90 Å². The van der Waals surface area contributed by atoms with E-state index in [4.69, 9.17) is 11.6 Å². The van der Waals surface area contributed by atoms with E-state index in [1.165, 1.54) is 38.0 Å².